The molecular formula is C21H20N4O2. The minimum absolute atomic E-state index is 0.0102. The van der Waals surface area contributed by atoms with Crippen LogP contribution < -0.4 is 5.32 Å². The average Bonchev–Trinajstić information content (AvgIpc) is 3.22. The van der Waals surface area contributed by atoms with Crippen LogP contribution in [0.2, 0.25) is 0 Å². The molecule has 1 spiro atoms. The third-order valence-corrected chi connectivity index (χ3v) is 5.80. The molecule has 27 heavy (non-hydrogen) atoms. The van der Waals surface area contributed by atoms with E-state index in [1.54, 1.807) is 6.20 Å². The summed E-state index contributed by atoms with van der Waals surface area (Å²) in [6, 6.07) is 13.6. The van der Waals surface area contributed by atoms with Crippen LogP contribution in [0.3, 0.4) is 0 Å². The van der Waals surface area contributed by atoms with Crippen molar-refractivity contribution in [3.63, 3.8) is 0 Å². The van der Waals surface area contributed by atoms with E-state index in [9.17, 15) is 9.59 Å². The molecule has 0 unspecified atom stereocenters. The molecule has 1 atom stereocenters. The van der Waals surface area contributed by atoms with Crippen molar-refractivity contribution in [2.45, 2.75) is 24.7 Å². The smallest absolute Gasteiger partial charge is 0.236 e. The molecule has 0 bridgehead atoms. The van der Waals surface area contributed by atoms with Crippen molar-refractivity contribution in [3.05, 3.63) is 66.1 Å². The highest BCUT2D eigenvalue weighted by atomic mass is 16.2. The van der Waals surface area contributed by atoms with Gasteiger partial charge in [0.25, 0.3) is 0 Å². The Morgan fingerprint density at radius 3 is 2.96 bits per heavy atom. The quantitative estimate of drug-likeness (QED) is 0.763. The molecule has 136 valence electrons. The van der Waals surface area contributed by atoms with Gasteiger partial charge in [-0.25, -0.2) is 4.98 Å². The molecule has 2 aromatic heterocycles. The number of aromatic nitrogens is 2. The van der Waals surface area contributed by atoms with Crippen LogP contribution in [0.5, 0.6) is 0 Å². The number of nitrogens with one attached hydrogen (secondary N) is 1. The van der Waals surface area contributed by atoms with Crippen LogP contribution in [-0.4, -0.2) is 39.2 Å². The van der Waals surface area contributed by atoms with Crippen LogP contribution in [0.1, 0.15) is 24.1 Å². The van der Waals surface area contributed by atoms with Crippen LogP contribution in [0.4, 0.5) is 5.69 Å². The summed E-state index contributed by atoms with van der Waals surface area (Å²) in [5.41, 5.74) is 2.97. The fourth-order valence-corrected chi connectivity index (χ4v) is 4.43. The first-order valence-electron chi connectivity index (χ1n) is 9.27. The van der Waals surface area contributed by atoms with Gasteiger partial charge in [0.05, 0.1) is 17.5 Å². The molecule has 0 radical (unpaired) electrons. The van der Waals surface area contributed by atoms with Crippen molar-refractivity contribution >= 4 is 23.1 Å². The lowest BCUT2D eigenvalue weighted by molar-refractivity contribution is -0.134. The summed E-state index contributed by atoms with van der Waals surface area (Å²) in [5, 5.41) is 3.00. The van der Waals surface area contributed by atoms with Crippen LogP contribution in [-0.2, 0) is 21.4 Å². The van der Waals surface area contributed by atoms with E-state index in [4.69, 9.17) is 0 Å². The lowest BCUT2D eigenvalue weighted by Crippen LogP contribution is -2.52. The minimum atomic E-state index is -0.621. The second-order valence-corrected chi connectivity index (χ2v) is 7.36. The summed E-state index contributed by atoms with van der Waals surface area (Å²) >= 11 is 0. The summed E-state index contributed by atoms with van der Waals surface area (Å²) in [6.07, 6.45) is 5.55. The molecule has 2 amide bonds. The number of benzene rings is 1. The van der Waals surface area contributed by atoms with Gasteiger partial charge in [-0.1, -0.05) is 24.3 Å². The summed E-state index contributed by atoms with van der Waals surface area (Å²) in [6.45, 7) is 1.12. The van der Waals surface area contributed by atoms with E-state index in [1.807, 2.05) is 58.0 Å². The number of piperidine rings is 1. The predicted octanol–water partition coefficient (Wildman–Crippen LogP) is 2.39. The lowest BCUT2D eigenvalue weighted by atomic mass is 9.75. The van der Waals surface area contributed by atoms with Crippen molar-refractivity contribution in [1.29, 1.82) is 0 Å². The number of amides is 2. The molecule has 3 aromatic rings. The Balaban J connectivity index is 1.41. The molecule has 0 saturated carbocycles. The Bertz CT molecular complexity index is 1060. The number of imidazole rings is 1. The van der Waals surface area contributed by atoms with Gasteiger partial charge < -0.3 is 14.6 Å². The first-order chi connectivity index (χ1) is 13.2. The van der Waals surface area contributed by atoms with E-state index < -0.39 is 5.41 Å². The summed E-state index contributed by atoms with van der Waals surface area (Å²) in [4.78, 5) is 32.0. The summed E-state index contributed by atoms with van der Waals surface area (Å²) in [7, 11) is 0. The summed E-state index contributed by atoms with van der Waals surface area (Å²) in [5.74, 6) is 0.0490. The number of anilines is 1. The van der Waals surface area contributed by atoms with Gasteiger partial charge in [0.15, 0.2) is 0 Å². The molecule has 1 saturated heterocycles. The lowest BCUT2D eigenvalue weighted by Gasteiger charge is -2.39. The molecule has 2 aliphatic heterocycles. The Morgan fingerprint density at radius 2 is 2.04 bits per heavy atom. The van der Waals surface area contributed by atoms with Crippen molar-refractivity contribution in [2.24, 2.45) is 0 Å². The van der Waals surface area contributed by atoms with Crippen molar-refractivity contribution in [3.8, 4) is 0 Å². The molecule has 5 rings (SSSR count). The molecule has 6 nitrogen and oxygen atoms in total. The molecule has 6 heteroatoms. The maximum atomic E-state index is 13.0. The average molecular weight is 360 g/mol. The third kappa shape index (κ3) is 2.44. The Hall–Kier alpha value is -3.15. The van der Waals surface area contributed by atoms with E-state index in [-0.39, 0.29) is 18.2 Å². The molecular weight excluding hydrogens is 340 g/mol. The van der Waals surface area contributed by atoms with E-state index in [0.717, 1.165) is 35.4 Å². The van der Waals surface area contributed by atoms with E-state index in [2.05, 4.69) is 10.3 Å². The molecule has 4 heterocycles. The highest BCUT2D eigenvalue weighted by molar-refractivity contribution is 6.06. The number of fused-ring (bicyclic) bond motifs is 3. The summed E-state index contributed by atoms with van der Waals surface area (Å²) < 4.78 is 1.94. The van der Waals surface area contributed by atoms with Crippen LogP contribution in [0.25, 0.3) is 5.65 Å². The SMILES string of the molecule is O=C(Cc1cnc2ccccn12)N1CCC[C@]2(C1)C(=O)Nc1ccccc12. The number of pyridine rings is 1. The monoisotopic (exact) mass is 360 g/mol. The number of hydrogen-bond acceptors (Lipinski definition) is 3. The van der Waals surface area contributed by atoms with E-state index in [1.165, 1.54) is 0 Å². The number of nitrogens with zero attached hydrogens (tertiary/aromatic N) is 3. The minimum Gasteiger partial charge on any atom is -0.341 e. The van der Waals surface area contributed by atoms with Crippen LogP contribution in [0.15, 0.2) is 54.9 Å². The number of carbonyl (C=O) groups excluding carboxylic acids is 2. The number of hydrogen-bond donors (Lipinski definition) is 1. The predicted molar refractivity (Wildman–Crippen MR) is 101 cm³/mol. The Morgan fingerprint density at radius 1 is 1.19 bits per heavy atom. The standard InChI is InChI=1S/C21H20N4O2/c26-19(12-15-13-22-18-8-3-4-11-25(15)18)24-10-5-9-21(14-24)16-6-1-2-7-17(16)23-20(21)27/h1-4,6-8,11,13H,5,9-10,12,14H2,(H,23,27)/t21-/m1/s1. The number of likely N-dealkylation sites (tertiary alicyclic amines) is 1. The number of para-hydroxylation sites is 1. The largest absolute Gasteiger partial charge is 0.341 e. The van der Waals surface area contributed by atoms with Crippen molar-refractivity contribution in [2.75, 3.05) is 18.4 Å². The highest BCUT2D eigenvalue weighted by Gasteiger charge is 2.49. The van der Waals surface area contributed by atoms with Crippen LogP contribution >= 0.6 is 0 Å². The molecule has 1 N–H and O–H groups in total. The van der Waals surface area contributed by atoms with Crippen molar-refractivity contribution < 1.29 is 9.59 Å². The van der Waals surface area contributed by atoms with Gasteiger partial charge in [-0.2, -0.15) is 0 Å². The van der Waals surface area contributed by atoms with Gasteiger partial charge in [-0.3, -0.25) is 9.59 Å². The zero-order valence-electron chi connectivity index (χ0n) is 14.9. The second-order valence-electron chi connectivity index (χ2n) is 7.36. The van der Waals surface area contributed by atoms with Gasteiger partial charge in [0, 0.05) is 31.2 Å². The Labute approximate surface area is 156 Å². The molecule has 1 fully saturated rings. The highest BCUT2D eigenvalue weighted by Crippen LogP contribution is 2.43. The van der Waals surface area contributed by atoms with E-state index in [0.29, 0.717) is 13.1 Å². The van der Waals surface area contributed by atoms with Gasteiger partial charge in [-0.15, -0.1) is 0 Å². The van der Waals surface area contributed by atoms with Gasteiger partial charge in [0.1, 0.15) is 5.65 Å². The number of carbonyl (C=O) groups is 2. The van der Waals surface area contributed by atoms with Gasteiger partial charge >= 0.3 is 0 Å². The first kappa shape index (κ1) is 16.1. The normalized spacial score (nSPS) is 21.5. The third-order valence-electron chi connectivity index (χ3n) is 5.80. The zero-order valence-corrected chi connectivity index (χ0v) is 14.9. The van der Waals surface area contributed by atoms with Crippen molar-refractivity contribution in [1.82, 2.24) is 14.3 Å². The molecule has 0 aliphatic carbocycles. The maximum absolute atomic E-state index is 13.0. The van der Waals surface area contributed by atoms with Gasteiger partial charge in [-0.05, 0) is 36.6 Å². The second kappa shape index (κ2) is 5.94. The van der Waals surface area contributed by atoms with E-state index >= 15 is 0 Å². The molecule has 1 aromatic carbocycles. The molecule has 2 aliphatic rings. The number of rotatable bonds is 2. The zero-order chi connectivity index (χ0) is 18.4. The maximum Gasteiger partial charge on any atom is 0.236 e. The fraction of sp³-hybridized carbons (Fsp3) is 0.286. The topological polar surface area (TPSA) is 66.7 Å². The fourth-order valence-electron chi connectivity index (χ4n) is 4.43. The first-order valence-corrected chi connectivity index (χ1v) is 9.27. The Kier molecular flexibility index (Phi) is 3.53. The van der Waals surface area contributed by atoms with Crippen LogP contribution in [0, 0.1) is 0 Å². The van der Waals surface area contributed by atoms with Gasteiger partial charge in [0.2, 0.25) is 11.8 Å².